The van der Waals surface area contributed by atoms with Gasteiger partial charge in [-0.05, 0) is 60.5 Å². The standard InChI is InChI=1S/C18H14N2O4S/c1-11-5-3-4-6-15(11)19-17(21)16(25-18(19)22)12(2)13-7-9-14(10-8-13)20(23)24/h3-10H,1-2H3/b16-12-. The average Bonchev–Trinajstić information content (AvgIpc) is 2.89. The van der Waals surface area contributed by atoms with Gasteiger partial charge in [-0.25, -0.2) is 4.90 Å². The fourth-order valence-electron chi connectivity index (χ4n) is 2.58. The van der Waals surface area contributed by atoms with Crippen molar-refractivity contribution in [3.8, 4) is 0 Å². The number of hydrogen-bond acceptors (Lipinski definition) is 5. The lowest BCUT2D eigenvalue weighted by molar-refractivity contribution is -0.384. The minimum Gasteiger partial charge on any atom is -0.268 e. The third-order valence-electron chi connectivity index (χ3n) is 3.98. The maximum absolute atomic E-state index is 12.8. The molecule has 6 nitrogen and oxygen atoms in total. The van der Waals surface area contributed by atoms with Gasteiger partial charge >= 0.3 is 0 Å². The molecule has 2 aromatic rings. The number of nitro benzene ring substituents is 1. The predicted molar refractivity (Wildman–Crippen MR) is 97.3 cm³/mol. The fourth-order valence-corrected chi connectivity index (χ4v) is 3.48. The molecule has 0 aromatic heterocycles. The number of carbonyl (C=O) groups excluding carboxylic acids is 2. The molecule has 0 radical (unpaired) electrons. The maximum atomic E-state index is 12.8. The SMILES string of the molecule is C/C(=C1/SC(=O)N(c2ccccc2C)C1=O)c1ccc([N+](=O)[O-])cc1. The van der Waals surface area contributed by atoms with Crippen LogP contribution in [0.2, 0.25) is 0 Å². The number of imide groups is 1. The maximum Gasteiger partial charge on any atom is 0.298 e. The summed E-state index contributed by atoms with van der Waals surface area (Å²) in [6.45, 7) is 3.57. The minimum atomic E-state index is -0.481. The van der Waals surface area contributed by atoms with Crippen molar-refractivity contribution in [2.45, 2.75) is 13.8 Å². The number of amides is 2. The molecule has 1 heterocycles. The van der Waals surface area contributed by atoms with Crippen LogP contribution in [0.5, 0.6) is 0 Å². The third kappa shape index (κ3) is 3.06. The van der Waals surface area contributed by atoms with Crippen LogP contribution in [0.1, 0.15) is 18.1 Å². The van der Waals surface area contributed by atoms with Gasteiger partial charge in [-0.1, -0.05) is 18.2 Å². The Morgan fingerprint density at radius 3 is 2.32 bits per heavy atom. The number of para-hydroxylation sites is 1. The van der Waals surface area contributed by atoms with Crippen LogP contribution < -0.4 is 4.90 Å². The van der Waals surface area contributed by atoms with Crippen molar-refractivity contribution in [2.75, 3.05) is 4.90 Å². The number of anilines is 1. The highest BCUT2D eigenvalue weighted by Gasteiger charge is 2.38. The Labute approximate surface area is 148 Å². The summed E-state index contributed by atoms with van der Waals surface area (Å²) in [5, 5.41) is 10.4. The van der Waals surface area contributed by atoms with E-state index in [0.29, 0.717) is 21.7 Å². The lowest BCUT2D eigenvalue weighted by atomic mass is 10.1. The van der Waals surface area contributed by atoms with Gasteiger partial charge < -0.3 is 0 Å². The molecule has 0 unspecified atom stereocenters. The van der Waals surface area contributed by atoms with Gasteiger partial charge in [-0.15, -0.1) is 0 Å². The van der Waals surface area contributed by atoms with Gasteiger partial charge in [0.2, 0.25) is 0 Å². The number of allylic oxidation sites excluding steroid dienone is 1. The topological polar surface area (TPSA) is 80.5 Å². The monoisotopic (exact) mass is 354 g/mol. The van der Waals surface area contributed by atoms with Crippen molar-refractivity contribution in [1.82, 2.24) is 0 Å². The van der Waals surface area contributed by atoms with E-state index in [2.05, 4.69) is 0 Å². The van der Waals surface area contributed by atoms with Crippen LogP contribution in [0.15, 0.2) is 53.4 Å². The van der Waals surface area contributed by atoms with E-state index in [1.165, 1.54) is 17.0 Å². The Balaban J connectivity index is 1.99. The molecule has 1 aliphatic heterocycles. The van der Waals surface area contributed by atoms with Gasteiger partial charge in [-0.2, -0.15) is 0 Å². The van der Waals surface area contributed by atoms with E-state index in [-0.39, 0.29) is 16.8 Å². The molecule has 0 N–H and O–H groups in total. The summed E-state index contributed by atoms with van der Waals surface area (Å²) in [5.74, 6) is -0.375. The highest BCUT2D eigenvalue weighted by Crippen LogP contribution is 2.39. The fraction of sp³-hybridized carbons (Fsp3) is 0.111. The van der Waals surface area contributed by atoms with E-state index in [1.54, 1.807) is 31.2 Å². The van der Waals surface area contributed by atoms with Crippen LogP contribution in [0.4, 0.5) is 16.2 Å². The van der Waals surface area contributed by atoms with Crippen molar-refractivity contribution in [1.29, 1.82) is 0 Å². The molecule has 7 heteroatoms. The van der Waals surface area contributed by atoms with Crippen LogP contribution in [0.3, 0.4) is 0 Å². The number of benzene rings is 2. The largest absolute Gasteiger partial charge is 0.298 e. The lowest BCUT2D eigenvalue weighted by Crippen LogP contribution is -2.28. The quantitative estimate of drug-likeness (QED) is 0.459. The first-order chi connectivity index (χ1) is 11.9. The van der Waals surface area contributed by atoms with Crippen LogP contribution >= 0.6 is 11.8 Å². The lowest BCUT2D eigenvalue weighted by Gasteiger charge is -2.15. The van der Waals surface area contributed by atoms with E-state index in [1.807, 2.05) is 19.1 Å². The Morgan fingerprint density at radius 2 is 1.72 bits per heavy atom. The van der Waals surface area contributed by atoms with Crippen LogP contribution in [0, 0.1) is 17.0 Å². The molecule has 0 spiro atoms. The second-order valence-electron chi connectivity index (χ2n) is 5.55. The molecule has 0 aliphatic carbocycles. The van der Waals surface area contributed by atoms with Gasteiger partial charge in [0.1, 0.15) is 0 Å². The molecule has 0 atom stereocenters. The molecule has 3 rings (SSSR count). The summed E-state index contributed by atoms with van der Waals surface area (Å²) in [6.07, 6.45) is 0. The summed E-state index contributed by atoms with van der Waals surface area (Å²) < 4.78 is 0. The number of carbonyl (C=O) groups is 2. The molecular formula is C18H14N2O4S. The number of rotatable bonds is 3. The zero-order valence-electron chi connectivity index (χ0n) is 13.6. The first kappa shape index (κ1) is 16.9. The highest BCUT2D eigenvalue weighted by atomic mass is 32.2. The van der Waals surface area contributed by atoms with E-state index >= 15 is 0 Å². The Morgan fingerprint density at radius 1 is 1.08 bits per heavy atom. The van der Waals surface area contributed by atoms with E-state index in [0.717, 1.165) is 17.3 Å². The Kier molecular flexibility index (Phi) is 4.41. The van der Waals surface area contributed by atoms with E-state index < -0.39 is 4.92 Å². The molecule has 2 amide bonds. The first-order valence-corrected chi connectivity index (χ1v) is 8.29. The molecule has 25 heavy (non-hydrogen) atoms. The summed E-state index contributed by atoms with van der Waals surface area (Å²) in [6, 6.07) is 13.1. The smallest absolute Gasteiger partial charge is 0.268 e. The summed E-state index contributed by atoms with van der Waals surface area (Å²) in [7, 11) is 0. The number of hydrogen-bond donors (Lipinski definition) is 0. The molecule has 1 saturated heterocycles. The number of nitro groups is 1. The molecule has 0 bridgehead atoms. The van der Waals surface area contributed by atoms with Crippen molar-refractivity contribution < 1.29 is 14.5 Å². The van der Waals surface area contributed by atoms with E-state index in [9.17, 15) is 19.7 Å². The molecular weight excluding hydrogens is 340 g/mol. The molecule has 1 aliphatic rings. The predicted octanol–water partition coefficient (Wildman–Crippen LogP) is 4.53. The number of non-ortho nitro benzene ring substituents is 1. The first-order valence-electron chi connectivity index (χ1n) is 7.47. The zero-order valence-corrected chi connectivity index (χ0v) is 14.4. The normalized spacial score (nSPS) is 16.3. The van der Waals surface area contributed by atoms with Crippen LogP contribution in [0.25, 0.3) is 5.57 Å². The van der Waals surface area contributed by atoms with Crippen LogP contribution in [-0.4, -0.2) is 16.1 Å². The molecule has 2 aromatic carbocycles. The Bertz CT molecular complexity index is 919. The van der Waals surface area contributed by atoms with Crippen molar-refractivity contribution in [3.05, 3.63) is 74.7 Å². The number of thioether (sulfide) groups is 1. The second kappa shape index (κ2) is 6.52. The van der Waals surface area contributed by atoms with Gasteiger partial charge in [0.25, 0.3) is 16.8 Å². The molecule has 1 fully saturated rings. The van der Waals surface area contributed by atoms with Crippen molar-refractivity contribution in [3.63, 3.8) is 0 Å². The minimum absolute atomic E-state index is 0.0236. The second-order valence-corrected chi connectivity index (χ2v) is 6.51. The van der Waals surface area contributed by atoms with Gasteiger partial charge in [-0.3, -0.25) is 19.7 Å². The van der Waals surface area contributed by atoms with Gasteiger partial charge in [0, 0.05) is 12.1 Å². The molecule has 0 saturated carbocycles. The number of aryl methyl sites for hydroxylation is 1. The van der Waals surface area contributed by atoms with Crippen molar-refractivity contribution >= 4 is 39.9 Å². The summed E-state index contributed by atoms with van der Waals surface area (Å²) in [5.41, 5.74) is 2.66. The summed E-state index contributed by atoms with van der Waals surface area (Å²) in [4.78, 5) is 36.9. The number of nitrogens with zero attached hydrogens (tertiary/aromatic N) is 2. The highest BCUT2D eigenvalue weighted by molar-refractivity contribution is 8.19. The van der Waals surface area contributed by atoms with Crippen molar-refractivity contribution in [2.24, 2.45) is 0 Å². The van der Waals surface area contributed by atoms with Gasteiger partial charge in [0.05, 0.1) is 15.5 Å². The third-order valence-corrected chi connectivity index (χ3v) is 5.02. The Hall–Kier alpha value is -2.93. The van der Waals surface area contributed by atoms with Crippen LogP contribution in [-0.2, 0) is 4.79 Å². The van der Waals surface area contributed by atoms with Gasteiger partial charge in [0.15, 0.2) is 0 Å². The molecule has 126 valence electrons. The summed E-state index contributed by atoms with van der Waals surface area (Å²) >= 11 is 0.882. The average molecular weight is 354 g/mol. The zero-order chi connectivity index (χ0) is 18.1. The van der Waals surface area contributed by atoms with E-state index in [4.69, 9.17) is 0 Å².